The van der Waals surface area contributed by atoms with E-state index in [1.54, 1.807) is 0 Å². The van der Waals surface area contributed by atoms with E-state index in [2.05, 4.69) is 29.9 Å². The largest absolute Gasteiger partial charge is 0.297 e. The summed E-state index contributed by atoms with van der Waals surface area (Å²) in [6, 6.07) is 0. The molecule has 1 saturated carbocycles. The van der Waals surface area contributed by atoms with E-state index < -0.39 is 0 Å². The lowest BCUT2D eigenvalue weighted by Crippen LogP contribution is -2.33. The summed E-state index contributed by atoms with van der Waals surface area (Å²) in [5.74, 6) is 2.56. The van der Waals surface area contributed by atoms with Gasteiger partial charge in [0.2, 0.25) is 0 Å². The Kier molecular flexibility index (Phi) is 3.33. The van der Waals surface area contributed by atoms with Crippen molar-refractivity contribution < 1.29 is 0 Å². The van der Waals surface area contributed by atoms with E-state index in [1.807, 2.05) is 0 Å². The molecule has 3 nitrogen and oxygen atoms in total. The topological polar surface area (TPSA) is 29.0 Å². The molecule has 0 bridgehead atoms. The third kappa shape index (κ3) is 2.72. The maximum absolute atomic E-state index is 4.80. The Morgan fingerprint density at radius 2 is 2.22 bits per heavy atom. The molecule has 0 saturated heterocycles. The van der Waals surface area contributed by atoms with Gasteiger partial charge < -0.3 is 0 Å². The number of aromatic nitrogens is 2. The molecule has 1 aromatic rings. The molecule has 0 N–H and O–H groups in total. The number of nitrogens with zero attached hydrogens (tertiary/aromatic N) is 3. The summed E-state index contributed by atoms with van der Waals surface area (Å²) in [6.07, 6.45) is 7.07. The number of hydrogen-bond acceptors (Lipinski definition) is 3. The van der Waals surface area contributed by atoms with Crippen LogP contribution in [0.15, 0.2) is 6.20 Å². The van der Waals surface area contributed by atoms with Gasteiger partial charge in [0.15, 0.2) is 0 Å². The monoisotopic (exact) mass is 245 g/mol. The Hall–Kier alpha value is -0.960. The van der Waals surface area contributed by atoms with Gasteiger partial charge >= 0.3 is 0 Å². The van der Waals surface area contributed by atoms with Gasteiger partial charge in [0.1, 0.15) is 5.82 Å². The summed E-state index contributed by atoms with van der Waals surface area (Å²) in [7, 11) is 0. The molecule has 1 fully saturated rings. The highest BCUT2D eigenvalue weighted by atomic mass is 15.1. The van der Waals surface area contributed by atoms with Crippen molar-refractivity contribution >= 4 is 0 Å². The van der Waals surface area contributed by atoms with Gasteiger partial charge in [-0.2, -0.15) is 0 Å². The van der Waals surface area contributed by atoms with Crippen molar-refractivity contribution in [2.45, 2.75) is 52.0 Å². The molecule has 1 aliphatic heterocycles. The van der Waals surface area contributed by atoms with E-state index in [0.717, 1.165) is 24.7 Å². The molecule has 2 heterocycles. The van der Waals surface area contributed by atoms with Crippen LogP contribution in [0.4, 0.5) is 0 Å². The lowest BCUT2D eigenvalue weighted by molar-refractivity contribution is 0.235. The van der Waals surface area contributed by atoms with Crippen molar-refractivity contribution in [3.05, 3.63) is 23.3 Å². The summed E-state index contributed by atoms with van der Waals surface area (Å²) in [5.41, 5.74) is 2.67. The van der Waals surface area contributed by atoms with E-state index >= 15 is 0 Å². The Balaban J connectivity index is 1.68. The number of fused-ring (bicyclic) bond motifs is 1. The lowest BCUT2D eigenvalue weighted by atomic mass is 10.0. The minimum atomic E-state index is 0.668. The van der Waals surface area contributed by atoms with Gasteiger partial charge in [-0.1, -0.05) is 13.8 Å². The highest BCUT2D eigenvalue weighted by molar-refractivity contribution is 5.22. The third-order valence-electron chi connectivity index (χ3n) is 4.01. The van der Waals surface area contributed by atoms with Crippen molar-refractivity contribution in [3.8, 4) is 0 Å². The molecule has 0 radical (unpaired) electrons. The maximum atomic E-state index is 4.80. The van der Waals surface area contributed by atoms with Crippen LogP contribution in [0.5, 0.6) is 0 Å². The van der Waals surface area contributed by atoms with Crippen LogP contribution in [-0.2, 0) is 13.0 Å². The van der Waals surface area contributed by atoms with Crippen LogP contribution in [0.1, 0.15) is 56.1 Å². The molecule has 0 aromatic carbocycles. The summed E-state index contributed by atoms with van der Waals surface area (Å²) in [4.78, 5) is 11.9. The molecule has 0 atom stereocenters. The smallest absolute Gasteiger partial charge is 0.131 e. The Bertz CT molecular complexity index is 424. The summed E-state index contributed by atoms with van der Waals surface area (Å²) >= 11 is 0. The Labute approximate surface area is 110 Å². The first-order valence-corrected chi connectivity index (χ1v) is 7.29. The average Bonchev–Trinajstić information content (AvgIpc) is 3.19. The van der Waals surface area contributed by atoms with E-state index in [1.165, 1.54) is 43.6 Å². The van der Waals surface area contributed by atoms with Crippen LogP contribution >= 0.6 is 0 Å². The zero-order valence-electron chi connectivity index (χ0n) is 11.5. The van der Waals surface area contributed by atoms with Gasteiger partial charge in [-0.05, 0) is 43.7 Å². The standard InChI is InChI=1S/C15H23N3/c1-11(2)5-7-18-8-6-13-9-16-15(12-3-4-12)17-14(13)10-18/h9,11-12H,3-8,10H2,1-2H3. The normalized spacial score (nSPS) is 20.2. The van der Waals surface area contributed by atoms with Gasteiger partial charge in [-0.3, -0.25) is 4.90 Å². The molecule has 3 heteroatoms. The van der Waals surface area contributed by atoms with Crippen LogP contribution < -0.4 is 0 Å². The first-order chi connectivity index (χ1) is 8.72. The van der Waals surface area contributed by atoms with Gasteiger partial charge in [-0.15, -0.1) is 0 Å². The van der Waals surface area contributed by atoms with Crippen molar-refractivity contribution in [1.29, 1.82) is 0 Å². The first-order valence-electron chi connectivity index (χ1n) is 7.29. The van der Waals surface area contributed by atoms with Crippen molar-refractivity contribution in [1.82, 2.24) is 14.9 Å². The van der Waals surface area contributed by atoms with Crippen molar-refractivity contribution in [2.75, 3.05) is 13.1 Å². The molecule has 2 aliphatic rings. The second kappa shape index (κ2) is 4.96. The highest BCUT2D eigenvalue weighted by Gasteiger charge is 2.28. The van der Waals surface area contributed by atoms with Crippen LogP contribution in [0.3, 0.4) is 0 Å². The number of rotatable bonds is 4. The van der Waals surface area contributed by atoms with Gasteiger partial charge in [0.25, 0.3) is 0 Å². The predicted molar refractivity (Wildman–Crippen MR) is 72.4 cm³/mol. The van der Waals surface area contributed by atoms with Gasteiger partial charge in [-0.25, -0.2) is 9.97 Å². The van der Waals surface area contributed by atoms with Crippen molar-refractivity contribution in [3.63, 3.8) is 0 Å². The molecule has 0 amide bonds. The molecule has 98 valence electrons. The second-order valence-corrected chi connectivity index (χ2v) is 6.18. The van der Waals surface area contributed by atoms with Gasteiger partial charge in [0, 0.05) is 25.2 Å². The zero-order valence-corrected chi connectivity index (χ0v) is 11.5. The summed E-state index contributed by atoms with van der Waals surface area (Å²) in [5, 5.41) is 0. The minimum absolute atomic E-state index is 0.668. The van der Waals surface area contributed by atoms with Crippen LogP contribution in [0.25, 0.3) is 0 Å². The molecule has 0 spiro atoms. The summed E-state index contributed by atoms with van der Waals surface area (Å²) in [6.45, 7) is 8.01. The van der Waals surface area contributed by atoms with Gasteiger partial charge in [0.05, 0.1) is 5.69 Å². The Morgan fingerprint density at radius 1 is 1.39 bits per heavy atom. The van der Waals surface area contributed by atoms with E-state index in [4.69, 9.17) is 4.98 Å². The predicted octanol–water partition coefficient (Wildman–Crippen LogP) is 2.76. The quantitative estimate of drug-likeness (QED) is 0.816. The highest BCUT2D eigenvalue weighted by Crippen LogP contribution is 2.38. The molecular weight excluding hydrogens is 222 g/mol. The van der Waals surface area contributed by atoms with E-state index in [9.17, 15) is 0 Å². The molecular formula is C15H23N3. The van der Waals surface area contributed by atoms with Crippen LogP contribution in [0.2, 0.25) is 0 Å². The fourth-order valence-corrected chi connectivity index (χ4v) is 2.54. The van der Waals surface area contributed by atoms with E-state index in [0.29, 0.717) is 5.92 Å². The molecule has 1 aromatic heterocycles. The first kappa shape index (κ1) is 12.1. The summed E-state index contributed by atoms with van der Waals surface area (Å²) < 4.78 is 0. The van der Waals surface area contributed by atoms with Crippen LogP contribution in [-0.4, -0.2) is 28.0 Å². The second-order valence-electron chi connectivity index (χ2n) is 6.18. The third-order valence-corrected chi connectivity index (χ3v) is 4.01. The fraction of sp³-hybridized carbons (Fsp3) is 0.733. The molecule has 3 rings (SSSR count). The van der Waals surface area contributed by atoms with Crippen molar-refractivity contribution in [2.24, 2.45) is 5.92 Å². The minimum Gasteiger partial charge on any atom is -0.297 e. The Morgan fingerprint density at radius 3 is 2.94 bits per heavy atom. The number of hydrogen-bond donors (Lipinski definition) is 0. The average molecular weight is 245 g/mol. The molecule has 0 unspecified atom stereocenters. The molecule has 1 aliphatic carbocycles. The molecule has 18 heavy (non-hydrogen) atoms. The maximum Gasteiger partial charge on any atom is 0.131 e. The SMILES string of the molecule is CC(C)CCN1CCc2cnc(C3CC3)nc2C1. The van der Waals surface area contributed by atoms with Crippen LogP contribution in [0, 0.1) is 5.92 Å². The lowest BCUT2D eigenvalue weighted by Gasteiger charge is -2.28. The van der Waals surface area contributed by atoms with E-state index in [-0.39, 0.29) is 0 Å². The fourth-order valence-electron chi connectivity index (χ4n) is 2.54. The zero-order chi connectivity index (χ0) is 12.5.